The second-order valence-electron chi connectivity index (χ2n) is 5.21. The minimum absolute atomic E-state index is 0.369. The van der Waals surface area contributed by atoms with E-state index in [9.17, 15) is 4.79 Å². The maximum absolute atomic E-state index is 10.9. The first-order chi connectivity index (χ1) is 8.59. The zero-order valence-corrected chi connectivity index (χ0v) is 11.1. The predicted molar refractivity (Wildman–Crippen MR) is 73.4 cm³/mol. The van der Waals surface area contributed by atoms with Crippen LogP contribution in [0.1, 0.15) is 48.0 Å². The first-order valence-corrected chi connectivity index (χ1v) is 6.66. The SMILES string of the molecule is Cc1cc(C(=O)O)ccc1N(C)C1CCCCC1. The van der Waals surface area contributed by atoms with E-state index in [0.29, 0.717) is 11.6 Å². The van der Waals surface area contributed by atoms with Gasteiger partial charge in [-0.05, 0) is 43.5 Å². The average molecular weight is 247 g/mol. The minimum atomic E-state index is -0.857. The van der Waals surface area contributed by atoms with Crippen molar-refractivity contribution in [3.05, 3.63) is 29.3 Å². The van der Waals surface area contributed by atoms with Gasteiger partial charge in [-0.3, -0.25) is 0 Å². The minimum Gasteiger partial charge on any atom is -0.478 e. The van der Waals surface area contributed by atoms with Gasteiger partial charge in [0.1, 0.15) is 0 Å². The van der Waals surface area contributed by atoms with E-state index in [0.717, 1.165) is 11.3 Å². The molecular weight excluding hydrogens is 226 g/mol. The van der Waals surface area contributed by atoms with Crippen LogP contribution in [0.15, 0.2) is 18.2 Å². The lowest BCUT2D eigenvalue weighted by Crippen LogP contribution is -2.33. The first-order valence-electron chi connectivity index (χ1n) is 6.66. The Hall–Kier alpha value is -1.51. The molecule has 1 fully saturated rings. The van der Waals surface area contributed by atoms with Gasteiger partial charge in [-0.2, -0.15) is 0 Å². The number of aryl methyl sites for hydroxylation is 1. The molecule has 1 aromatic rings. The van der Waals surface area contributed by atoms with Gasteiger partial charge < -0.3 is 10.0 Å². The summed E-state index contributed by atoms with van der Waals surface area (Å²) in [5, 5.41) is 8.97. The molecule has 1 N–H and O–H groups in total. The van der Waals surface area contributed by atoms with Crippen LogP contribution in [0.4, 0.5) is 5.69 Å². The maximum atomic E-state index is 10.9. The van der Waals surface area contributed by atoms with Crippen LogP contribution in [-0.2, 0) is 0 Å². The zero-order valence-electron chi connectivity index (χ0n) is 11.1. The molecule has 1 aliphatic carbocycles. The maximum Gasteiger partial charge on any atom is 0.335 e. The number of hydrogen-bond acceptors (Lipinski definition) is 2. The van der Waals surface area contributed by atoms with Crippen LogP contribution in [0.25, 0.3) is 0 Å². The number of nitrogens with zero attached hydrogens (tertiary/aromatic N) is 1. The molecule has 3 heteroatoms. The van der Waals surface area contributed by atoms with E-state index in [-0.39, 0.29) is 0 Å². The van der Waals surface area contributed by atoms with Crippen LogP contribution >= 0.6 is 0 Å². The molecule has 98 valence electrons. The van der Waals surface area contributed by atoms with E-state index < -0.39 is 5.97 Å². The van der Waals surface area contributed by atoms with Gasteiger partial charge in [0.05, 0.1) is 5.56 Å². The van der Waals surface area contributed by atoms with Crippen molar-refractivity contribution in [1.82, 2.24) is 0 Å². The van der Waals surface area contributed by atoms with Crippen molar-refractivity contribution < 1.29 is 9.90 Å². The summed E-state index contributed by atoms with van der Waals surface area (Å²) < 4.78 is 0. The van der Waals surface area contributed by atoms with E-state index in [4.69, 9.17) is 5.11 Å². The standard InChI is InChI=1S/C15H21NO2/c1-11-10-12(15(17)18)8-9-14(11)16(2)13-6-4-3-5-7-13/h8-10,13H,3-7H2,1-2H3,(H,17,18). The van der Waals surface area contributed by atoms with Crippen LogP contribution < -0.4 is 4.90 Å². The molecule has 2 rings (SSSR count). The summed E-state index contributed by atoms with van der Waals surface area (Å²) in [4.78, 5) is 13.2. The third-order valence-corrected chi connectivity index (χ3v) is 3.95. The fourth-order valence-corrected chi connectivity index (χ4v) is 2.85. The summed E-state index contributed by atoms with van der Waals surface area (Å²) in [5.41, 5.74) is 2.57. The lowest BCUT2D eigenvalue weighted by molar-refractivity contribution is 0.0697. The van der Waals surface area contributed by atoms with E-state index in [1.165, 1.54) is 32.1 Å². The number of carbonyl (C=O) groups is 1. The highest BCUT2D eigenvalue weighted by molar-refractivity contribution is 5.88. The highest BCUT2D eigenvalue weighted by Crippen LogP contribution is 2.28. The normalized spacial score (nSPS) is 16.6. The van der Waals surface area contributed by atoms with E-state index in [1.807, 2.05) is 13.0 Å². The van der Waals surface area contributed by atoms with Crippen molar-refractivity contribution in [2.75, 3.05) is 11.9 Å². The van der Waals surface area contributed by atoms with Gasteiger partial charge in [-0.1, -0.05) is 19.3 Å². The molecule has 3 nitrogen and oxygen atoms in total. The second-order valence-corrected chi connectivity index (χ2v) is 5.21. The molecule has 18 heavy (non-hydrogen) atoms. The predicted octanol–water partition coefficient (Wildman–Crippen LogP) is 3.46. The number of benzene rings is 1. The molecule has 1 aromatic carbocycles. The summed E-state index contributed by atoms with van der Waals surface area (Å²) in [7, 11) is 2.12. The van der Waals surface area contributed by atoms with Crippen molar-refractivity contribution in [1.29, 1.82) is 0 Å². The third-order valence-electron chi connectivity index (χ3n) is 3.95. The number of aromatic carboxylic acids is 1. The number of carboxylic acids is 1. The van der Waals surface area contributed by atoms with Crippen LogP contribution in [0.2, 0.25) is 0 Å². The number of anilines is 1. The van der Waals surface area contributed by atoms with Gasteiger partial charge in [0.15, 0.2) is 0 Å². The molecule has 0 radical (unpaired) electrons. The van der Waals surface area contributed by atoms with E-state index in [1.54, 1.807) is 12.1 Å². The summed E-state index contributed by atoms with van der Waals surface area (Å²) in [6.07, 6.45) is 6.46. The Kier molecular flexibility index (Phi) is 3.90. The van der Waals surface area contributed by atoms with E-state index in [2.05, 4.69) is 11.9 Å². The smallest absolute Gasteiger partial charge is 0.335 e. The van der Waals surface area contributed by atoms with Gasteiger partial charge in [-0.25, -0.2) is 4.79 Å². The number of rotatable bonds is 3. The zero-order chi connectivity index (χ0) is 13.1. The molecule has 0 aliphatic heterocycles. The lowest BCUT2D eigenvalue weighted by Gasteiger charge is -2.34. The second kappa shape index (κ2) is 5.42. The first kappa shape index (κ1) is 12.9. The van der Waals surface area contributed by atoms with Gasteiger partial charge >= 0.3 is 5.97 Å². The topological polar surface area (TPSA) is 40.5 Å². The van der Waals surface area contributed by atoms with Crippen molar-refractivity contribution in [2.24, 2.45) is 0 Å². The molecule has 1 aliphatic rings. The molecule has 0 heterocycles. The monoisotopic (exact) mass is 247 g/mol. The number of carboxylic acid groups (broad SMARTS) is 1. The largest absolute Gasteiger partial charge is 0.478 e. The van der Waals surface area contributed by atoms with Gasteiger partial charge in [0.2, 0.25) is 0 Å². The molecule has 0 bridgehead atoms. The van der Waals surface area contributed by atoms with Crippen molar-refractivity contribution in [2.45, 2.75) is 45.1 Å². The summed E-state index contributed by atoms with van der Waals surface area (Å²) in [6, 6.07) is 6.00. The Morgan fingerprint density at radius 3 is 2.50 bits per heavy atom. The molecule has 1 saturated carbocycles. The van der Waals surface area contributed by atoms with Crippen LogP contribution in [0, 0.1) is 6.92 Å². The summed E-state index contributed by atoms with van der Waals surface area (Å²) in [5.74, 6) is -0.857. The van der Waals surface area contributed by atoms with Gasteiger partial charge in [-0.15, -0.1) is 0 Å². The Balaban J connectivity index is 2.19. The van der Waals surface area contributed by atoms with Crippen molar-refractivity contribution in [3.8, 4) is 0 Å². The Labute approximate surface area is 108 Å². The van der Waals surface area contributed by atoms with Crippen molar-refractivity contribution >= 4 is 11.7 Å². The van der Waals surface area contributed by atoms with Crippen LogP contribution in [0.5, 0.6) is 0 Å². The molecule has 0 amide bonds. The molecule has 0 aromatic heterocycles. The molecule has 0 atom stereocenters. The summed E-state index contributed by atoms with van der Waals surface area (Å²) >= 11 is 0. The van der Waals surface area contributed by atoms with Gasteiger partial charge in [0.25, 0.3) is 0 Å². The van der Waals surface area contributed by atoms with E-state index >= 15 is 0 Å². The average Bonchev–Trinajstić information content (AvgIpc) is 2.38. The molecule has 0 saturated heterocycles. The fraction of sp³-hybridized carbons (Fsp3) is 0.533. The lowest BCUT2D eigenvalue weighted by atomic mass is 9.93. The van der Waals surface area contributed by atoms with Crippen molar-refractivity contribution in [3.63, 3.8) is 0 Å². The highest BCUT2D eigenvalue weighted by atomic mass is 16.4. The Bertz CT molecular complexity index is 436. The van der Waals surface area contributed by atoms with Gasteiger partial charge in [0, 0.05) is 18.8 Å². The third kappa shape index (κ3) is 2.66. The quantitative estimate of drug-likeness (QED) is 0.889. The highest BCUT2D eigenvalue weighted by Gasteiger charge is 2.19. The van der Waals surface area contributed by atoms with Crippen LogP contribution in [-0.4, -0.2) is 24.2 Å². The number of hydrogen-bond donors (Lipinski definition) is 1. The summed E-state index contributed by atoms with van der Waals surface area (Å²) in [6.45, 7) is 1.99. The molecule has 0 spiro atoms. The molecule has 0 unspecified atom stereocenters. The molecular formula is C15H21NO2. The fourth-order valence-electron chi connectivity index (χ4n) is 2.85. The Morgan fingerprint density at radius 2 is 1.94 bits per heavy atom. The Morgan fingerprint density at radius 1 is 1.28 bits per heavy atom. The van der Waals surface area contributed by atoms with Crippen LogP contribution in [0.3, 0.4) is 0 Å².